The minimum absolute atomic E-state index is 0.164. The van der Waals surface area contributed by atoms with Crippen molar-refractivity contribution in [1.29, 1.82) is 0 Å². The molecule has 9 unspecified atom stereocenters. The molecule has 1 heterocycles. The van der Waals surface area contributed by atoms with E-state index in [1.165, 1.54) is 51.4 Å². The van der Waals surface area contributed by atoms with E-state index in [1.54, 1.807) is 0 Å². The average Bonchev–Trinajstić information content (AvgIpc) is 3.10. The fraction of sp³-hybridized carbons (Fsp3) is 0.816. The molecule has 1 rings (SSSR count). The molecule has 0 saturated carbocycles. The van der Waals surface area contributed by atoms with Gasteiger partial charge in [-0.1, -0.05) is 95.2 Å². The van der Waals surface area contributed by atoms with Crippen LogP contribution in [0.1, 0.15) is 129 Å². The van der Waals surface area contributed by atoms with Crippen molar-refractivity contribution < 1.29 is 50.0 Å². The Kier molecular flexibility index (Phi) is 26.8. The number of aliphatic hydroxyl groups excluding tert-OH is 7. The van der Waals surface area contributed by atoms with E-state index in [0.29, 0.717) is 19.3 Å². The fourth-order valence-corrected chi connectivity index (χ4v) is 5.63. The summed E-state index contributed by atoms with van der Waals surface area (Å²) in [4.78, 5) is 12.9. The predicted molar refractivity (Wildman–Crippen MR) is 192 cm³/mol. The second kappa shape index (κ2) is 29.0. The lowest BCUT2D eigenvalue weighted by atomic mass is 9.99. The summed E-state index contributed by atoms with van der Waals surface area (Å²) in [6, 6.07) is -1.20. The zero-order valence-corrected chi connectivity index (χ0v) is 30.2. The van der Waals surface area contributed by atoms with Gasteiger partial charge in [-0.15, -0.1) is 0 Å². The predicted octanol–water partition coefficient (Wildman–Crippen LogP) is 4.10. The molecule has 0 spiro atoms. The van der Waals surface area contributed by atoms with Gasteiger partial charge in [-0.25, -0.2) is 0 Å². The molecule has 286 valence electrons. The molecule has 11 heteroatoms. The molecule has 0 aromatic rings. The molecule has 0 radical (unpaired) electrons. The van der Waals surface area contributed by atoms with E-state index in [4.69, 9.17) is 9.47 Å². The number of aliphatic hydroxyl groups is 7. The molecule has 0 aliphatic carbocycles. The maximum atomic E-state index is 12.9. The van der Waals surface area contributed by atoms with Crippen molar-refractivity contribution in [3.63, 3.8) is 0 Å². The lowest BCUT2D eigenvalue weighted by Crippen LogP contribution is -2.60. The Bertz CT molecular complexity index is 898. The van der Waals surface area contributed by atoms with Gasteiger partial charge in [-0.05, 0) is 70.6 Å². The third kappa shape index (κ3) is 20.1. The van der Waals surface area contributed by atoms with E-state index in [0.717, 1.165) is 32.1 Å². The van der Waals surface area contributed by atoms with E-state index < -0.39 is 74.2 Å². The number of nitrogens with one attached hydrogen (secondary N) is 1. The van der Waals surface area contributed by atoms with E-state index in [2.05, 4.69) is 43.5 Å². The highest BCUT2D eigenvalue weighted by Crippen LogP contribution is 2.23. The maximum absolute atomic E-state index is 12.9. The van der Waals surface area contributed by atoms with Gasteiger partial charge >= 0.3 is 0 Å². The highest BCUT2D eigenvalue weighted by atomic mass is 16.7. The van der Waals surface area contributed by atoms with Gasteiger partial charge in [0.15, 0.2) is 6.29 Å². The van der Waals surface area contributed by atoms with Crippen LogP contribution in [0.4, 0.5) is 0 Å². The number of ether oxygens (including phenoxy) is 2. The van der Waals surface area contributed by atoms with Gasteiger partial charge in [-0.2, -0.15) is 0 Å². The molecule has 1 saturated heterocycles. The van der Waals surface area contributed by atoms with Crippen molar-refractivity contribution in [2.24, 2.45) is 0 Å². The van der Waals surface area contributed by atoms with Gasteiger partial charge < -0.3 is 50.5 Å². The van der Waals surface area contributed by atoms with Crippen molar-refractivity contribution in [2.45, 2.75) is 184 Å². The molecule has 49 heavy (non-hydrogen) atoms. The Morgan fingerprint density at radius 1 is 0.694 bits per heavy atom. The van der Waals surface area contributed by atoms with E-state index >= 15 is 0 Å². The summed E-state index contributed by atoms with van der Waals surface area (Å²) in [6.07, 6.45) is 18.1. The molecular formula is C38H69NO10. The summed E-state index contributed by atoms with van der Waals surface area (Å²) < 4.78 is 11.0. The van der Waals surface area contributed by atoms with Crippen molar-refractivity contribution in [3.05, 3.63) is 36.5 Å². The first kappa shape index (κ1) is 45.4. The number of unbranched alkanes of at least 4 members (excludes halogenated alkanes) is 11. The first-order chi connectivity index (χ1) is 23.7. The number of allylic oxidation sites excluding steroid dienone is 6. The van der Waals surface area contributed by atoms with Crippen LogP contribution in [0.5, 0.6) is 0 Å². The van der Waals surface area contributed by atoms with Crippen molar-refractivity contribution in [3.8, 4) is 0 Å². The fourth-order valence-electron chi connectivity index (χ4n) is 5.63. The standard InChI is InChI=1S/C38H69NO10/c1-3-5-7-9-11-13-14-15-16-17-18-20-21-23-25-30(41)33(43)29(28-48-38-36(46)35(45)34(44)32(27-40)49-38)39-37(47)31(42)26-24-22-19-12-10-8-6-4-2/h14-15,18-20,22,29-36,38,40-46H,3-13,16-17,21,23-28H2,1-2H3,(H,39,47)/b15-14+,20-18+,22-19-. The van der Waals surface area contributed by atoms with Gasteiger partial charge in [0.25, 0.3) is 0 Å². The largest absolute Gasteiger partial charge is 0.394 e. The lowest BCUT2D eigenvalue weighted by Gasteiger charge is -2.40. The van der Waals surface area contributed by atoms with Crippen molar-refractivity contribution in [2.75, 3.05) is 13.2 Å². The molecule has 0 aromatic carbocycles. The molecule has 1 amide bonds. The lowest BCUT2D eigenvalue weighted by molar-refractivity contribution is -0.303. The SMILES string of the molecule is CCCCCC/C=C\CCC(O)C(=O)NC(COC1OC(CO)C(O)C(O)C1O)C(O)C(O)CCC/C=C/CC/C=C/CCCCCCC. The summed E-state index contributed by atoms with van der Waals surface area (Å²) in [5, 5.41) is 74.9. The Balaban J connectivity index is 2.64. The molecule has 0 aromatic heterocycles. The van der Waals surface area contributed by atoms with E-state index in [1.807, 2.05) is 12.2 Å². The monoisotopic (exact) mass is 699 g/mol. The highest BCUT2D eigenvalue weighted by molar-refractivity contribution is 5.80. The van der Waals surface area contributed by atoms with Gasteiger partial charge in [0.1, 0.15) is 36.6 Å². The van der Waals surface area contributed by atoms with Gasteiger partial charge in [-0.3, -0.25) is 4.79 Å². The third-order valence-electron chi connectivity index (χ3n) is 8.90. The van der Waals surface area contributed by atoms with E-state index in [9.17, 15) is 40.5 Å². The molecule has 0 bridgehead atoms. The summed E-state index contributed by atoms with van der Waals surface area (Å²) >= 11 is 0. The van der Waals surface area contributed by atoms with Crippen LogP contribution < -0.4 is 5.32 Å². The molecule has 1 aliphatic heterocycles. The van der Waals surface area contributed by atoms with Gasteiger partial charge in [0.05, 0.1) is 25.4 Å². The maximum Gasteiger partial charge on any atom is 0.249 e. The van der Waals surface area contributed by atoms with Gasteiger partial charge in [0, 0.05) is 0 Å². The Morgan fingerprint density at radius 3 is 1.82 bits per heavy atom. The first-order valence-corrected chi connectivity index (χ1v) is 18.9. The average molecular weight is 700 g/mol. The van der Waals surface area contributed by atoms with Crippen LogP contribution in [0, 0.1) is 0 Å². The van der Waals surface area contributed by atoms with E-state index in [-0.39, 0.29) is 12.8 Å². The molecule has 1 fully saturated rings. The Labute approximate surface area is 295 Å². The van der Waals surface area contributed by atoms with Crippen LogP contribution in [0.25, 0.3) is 0 Å². The number of hydrogen-bond donors (Lipinski definition) is 8. The van der Waals surface area contributed by atoms with Crippen LogP contribution in [0.3, 0.4) is 0 Å². The summed E-state index contributed by atoms with van der Waals surface area (Å²) in [6.45, 7) is 3.28. The molecule has 8 N–H and O–H groups in total. The number of rotatable bonds is 29. The number of carbonyl (C=O) groups is 1. The van der Waals surface area contributed by atoms with Crippen LogP contribution in [0.15, 0.2) is 36.5 Å². The molecule has 1 aliphatic rings. The Hall–Kier alpha value is -1.67. The van der Waals surface area contributed by atoms with Gasteiger partial charge in [0.2, 0.25) is 5.91 Å². The summed E-state index contributed by atoms with van der Waals surface area (Å²) in [7, 11) is 0. The van der Waals surface area contributed by atoms with Crippen LogP contribution in [0.2, 0.25) is 0 Å². The zero-order chi connectivity index (χ0) is 36.3. The minimum atomic E-state index is -1.67. The number of carbonyl (C=O) groups excluding carboxylic acids is 1. The smallest absolute Gasteiger partial charge is 0.249 e. The normalized spacial score (nSPS) is 24.1. The molecular weight excluding hydrogens is 630 g/mol. The second-order valence-electron chi connectivity index (χ2n) is 13.3. The zero-order valence-electron chi connectivity index (χ0n) is 30.2. The second-order valence-corrected chi connectivity index (χ2v) is 13.3. The van der Waals surface area contributed by atoms with Crippen LogP contribution in [-0.2, 0) is 14.3 Å². The van der Waals surface area contributed by atoms with Crippen molar-refractivity contribution in [1.82, 2.24) is 5.32 Å². The number of hydrogen-bond acceptors (Lipinski definition) is 10. The van der Waals surface area contributed by atoms with Crippen molar-refractivity contribution >= 4 is 5.91 Å². The first-order valence-electron chi connectivity index (χ1n) is 18.9. The molecule has 9 atom stereocenters. The quantitative estimate of drug-likeness (QED) is 0.0417. The topological polar surface area (TPSA) is 189 Å². The summed E-state index contributed by atoms with van der Waals surface area (Å²) in [5.74, 6) is -0.751. The van der Waals surface area contributed by atoms with Crippen LogP contribution in [-0.4, -0.2) is 110 Å². The highest BCUT2D eigenvalue weighted by Gasteiger charge is 2.44. The van der Waals surface area contributed by atoms with Crippen LogP contribution >= 0.6 is 0 Å². The third-order valence-corrected chi connectivity index (χ3v) is 8.90. The minimum Gasteiger partial charge on any atom is -0.394 e. The number of amides is 1. The summed E-state index contributed by atoms with van der Waals surface area (Å²) in [5.41, 5.74) is 0. The molecule has 11 nitrogen and oxygen atoms in total. The Morgan fingerprint density at radius 2 is 1.22 bits per heavy atom.